The molecule has 3 rings (SSSR count). The van der Waals surface area contributed by atoms with Crippen LogP contribution in [-0.2, 0) is 20.7 Å². The molecule has 1 atom stereocenters. The molecule has 0 radical (unpaired) electrons. The Morgan fingerprint density at radius 3 is 2.14 bits per heavy atom. The normalized spacial score (nSPS) is 11.5. The fourth-order valence-corrected chi connectivity index (χ4v) is 3.88. The highest BCUT2D eigenvalue weighted by Gasteiger charge is 2.20. The molecule has 10 heteroatoms. The number of nitrogens with one attached hydrogen (secondary N) is 2. The highest BCUT2D eigenvalue weighted by molar-refractivity contribution is 6.40. The van der Waals surface area contributed by atoms with Gasteiger partial charge in [-0.2, -0.15) is 0 Å². The third kappa shape index (κ3) is 7.67. The highest BCUT2D eigenvalue weighted by Crippen LogP contribution is 2.25. The first kappa shape index (κ1) is 27.4. The zero-order valence-corrected chi connectivity index (χ0v) is 21.0. The number of hydrogen-bond donors (Lipinski definition) is 3. The molecule has 37 heavy (non-hydrogen) atoms. The number of anilines is 1. The molecule has 0 aliphatic rings. The first-order chi connectivity index (χ1) is 17.7. The Kier molecular flexibility index (Phi) is 9.43. The number of benzene rings is 3. The maximum absolute atomic E-state index is 12.5. The van der Waals surface area contributed by atoms with E-state index < -0.39 is 29.8 Å². The van der Waals surface area contributed by atoms with Crippen molar-refractivity contribution in [1.82, 2.24) is 5.32 Å². The van der Waals surface area contributed by atoms with Crippen LogP contribution < -0.4 is 10.6 Å². The smallest absolute Gasteiger partial charge is 0.337 e. The second kappa shape index (κ2) is 12.7. The number of aliphatic carboxylic acids is 1. The van der Waals surface area contributed by atoms with Gasteiger partial charge in [0.2, 0.25) is 5.91 Å². The molecule has 0 spiro atoms. The summed E-state index contributed by atoms with van der Waals surface area (Å²) in [5.41, 5.74) is 2.25. The molecule has 3 N–H and O–H groups in total. The fourth-order valence-electron chi connectivity index (χ4n) is 3.31. The minimum Gasteiger partial charge on any atom is -0.480 e. The van der Waals surface area contributed by atoms with Crippen molar-refractivity contribution in [3.8, 4) is 0 Å². The Balaban J connectivity index is 1.60. The minimum atomic E-state index is -1.20. The molecule has 0 bridgehead atoms. The van der Waals surface area contributed by atoms with Crippen LogP contribution in [0.1, 0.15) is 31.8 Å². The molecule has 190 valence electrons. The van der Waals surface area contributed by atoms with Crippen molar-refractivity contribution < 1.29 is 29.0 Å². The molecule has 0 saturated carbocycles. The lowest BCUT2D eigenvalue weighted by Crippen LogP contribution is -2.41. The van der Waals surface area contributed by atoms with Crippen LogP contribution in [0.5, 0.6) is 0 Å². The second-order valence-electron chi connectivity index (χ2n) is 7.80. The molecule has 0 saturated heterocycles. The summed E-state index contributed by atoms with van der Waals surface area (Å²) in [6, 6.07) is 16.4. The van der Waals surface area contributed by atoms with Gasteiger partial charge in [-0.05, 0) is 53.6 Å². The SMILES string of the molecule is COC(=O)c1ccc(/C=C/C(=O)N[C@@H](Cc2ccc(NC(=O)c3c(Cl)cccc3Cl)cc2)C(=O)O)cc1. The Labute approximate surface area is 222 Å². The van der Waals surface area contributed by atoms with Gasteiger partial charge in [-0.15, -0.1) is 0 Å². The number of carbonyl (C=O) groups is 4. The van der Waals surface area contributed by atoms with E-state index in [2.05, 4.69) is 15.4 Å². The summed E-state index contributed by atoms with van der Waals surface area (Å²) < 4.78 is 4.63. The van der Waals surface area contributed by atoms with Gasteiger partial charge in [-0.25, -0.2) is 9.59 Å². The van der Waals surface area contributed by atoms with Gasteiger partial charge in [0, 0.05) is 18.2 Å². The summed E-state index contributed by atoms with van der Waals surface area (Å²) in [7, 11) is 1.28. The first-order valence-corrected chi connectivity index (χ1v) is 11.7. The van der Waals surface area contributed by atoms with E-state index in [4.69, 9.17) is 23.2 Å². The van der Waals surface area contributed by atoms with E-state index >= 15 is 0 Å². The summed E-state index contributed by atoms with van der Waals surface area (Å²) >= 11 is 12.1. The Morgan fingerprint density at radius 1 is 0.946 bits per heavy atom. The van der Waals surface area contributed by atoms with Crippen molar-refractivity contribution >= 4 is 58.7 Å². The zero-order chi connectivity index (χ0) is 26.9. The molecule has 0 fully saturated rings. The maximum atomic E-state index is 12.5. The van der Waals surface area contributed by atoms with Crippen LogP contribution >= 0.6 is 23.2 Å². The number of amides is 2. The van der Waals surface area contributed by atoms with Crippen molar-refractivity contribution in [3.05, 3.63) is 105 Å². The lowest BCUT2D eigenvalue weighted by molar-refractivity contribution is -0.141. The van der Waals surface area contributed by atoms with E-state index in [-0.39, 0.29) is 22.0 Å². The lowest BCUT2D eigenvalue weighted by atomic mass is 10.1. The molecule has 0 aliphatic heterocycles. The molecular formula is C27H22Cl2N2O6. The fraction of sp³-hybridized carbons (Fsp3) is 0.111. The van der Waals surface area contributed by atoms with E-state index in [0.717, 1.165) is 0 Å². The van der Waals surface area contributed by atoms with Gasteiger partial charge in [0.25, 0.3) is 5.91 Å². The number of esters is 1. The van der Waals surface area contributed by atoms with Gasteiger partial charge in [0.05, 0.1) is 28.3 Å². The molecule has 3 aromatic rings. The van der Waals surface area contributed by atoms with Gasteiger partial charge >= 0.3 is 11.9 Å². The van der Waals surface area contributed by atoms with Crippen molar-refractivity contribution in [2.45, 2.75) is 12.5 Å². The van der Waals surface area contributed by atoms with Gasteiger partial charge in [-0.3, -0.25) is 9.59 Å². The summed E-state index contributed by atoms with van der Waals surface area (Å²) in [6.07, 6.45) is 2.73. The summed E-state index contributed by atoms with van der Waals surface area (Å²) in [5, 5.41) is 15.1. The number of carboxylic acid groups (broad SMARTS) is 1. The molecule has 0 unspecified atom stereocenters. The Bertz CT molecular complexity index is 1320. The van der Waals surface area contributed by atoms with Crippen LogP contribution in [0.4, 0.5) is 5.69 Å². The number of methoxy groups -OCH3 is 1. The van der Waals surface area contributed by atoms with Crippen LogP contribution in [0.25, 0.3) is 6.08 Å². The minimum absolute atomic E-state index is 0.0211. The molecule has 0 aromatic heterocycles. The number of ether oxygens (including phenoxy) is 1. The largest absolute Gasteiger partial charge is 0.480 e. The molecule has 2 amide bonds. The maximum Gasteiger partial charge on any atom is 0.337 e. The van der Waals surface area contributed by atoms with Crippen LogP contribution in [-0.4, -0.2) is 42.0 Å². The molecular weight excluding hydrogens is 519 g/mol. The van der Waals surface area contributed by atoms with E-state index in [1.54, 1.807) is 66.7 Å². The zero-order valence-electron chi connectivity index (χ0n) is 19.5. The van der Waals surface area contributed by atoms with Crippen molar-refractivity contribution in [3.63, 3.8) is 0 Å². The van der Waals surface area contributed by atoms with Gasteiger partial charge in [-0.1, -0.05) is 53.5 Å². The molecule has 3 aromatic carbocycles. The van der Waals surface area contributed by atoms with E-state index in [1.807, 2.05) is 0 Å². The van der Waals surface area contributed by atoms with Crippen LogP contribution in [0.15, 0.2) is 72.8 Å². The van der Waals surface area contributed by atoms with Crippen LogP contribution in [0, 0.1) is 0 Å². The Hall–Kier alpha value is -4.14. The van der Waals surface area contributed by atoms with Gasteiger partial charge in [0.15, 0.2) is 0 Å². The van der Waals surface area contributed by atoms with Crippen molar-refractivity contribution in [2.24, 2.45) is 0 Å². The average Bonchev–Trinajstić information content (AvgIpc) is 2.88. The standard InChI is InChI=1S/C27H22Cl2N2O6/c1-37-27(36)18-10-5-16(6-11-18)9-14-23(32)31-22(26(34)35)15-17-7-12-19(13-8-17)30-25(33)24-20(28)3-2-4-21(24)29/h2-14,22H,15H2,1H3,(H,30,33)(H,31,32)(H,34,35)/b14-9+/t22-/m0/s1. The summed E-state index contributed by atoms with van der Waals surface area (Å²) in [4.78, 5) is 48.0. The molecule has 8 nitrogen and oxygen atoms in total. The van der Waals surface area contributed by atoms with E-state index in [0.29, 0.717) is 22.4 Å². The second-order valence-corrected chi connectivity index (χ2v) is 8.61. The highest BCUT2D eigenvalue weighted by atomic mass is 35.5. The number of carbonyl (C=O) groups excluding carboxylic acids is 3. The lowest BCUT2D eigenvalue weighted by Gasteiger charge is -2.14. The van der Waals surface area contributed by atoms with E-state index in [9.17, 15) is 24.3 Å². The summed E-state index contributed by atoms with van der Waals surface area (Å²) in [6.45, 7) is 0. The van der Waals surface area contributed by atoms with Crippen molar-refractivity contribution in [1.29, 1.82) is 0 Å². The topological polar surface area (TPSA) is 122 Å². The summed E-state index contributed by atoms with van der Waals surface area (Å²) in [5.74, 6) is -2.75. The van der Waals surface area contributed by atoms with Crippen LogP contribution in [0.3, 0.4) is 0 Å². The van der Waals surface area contributed by atoms with Gasteiger partial charge in [0.1, 0.15) is 6.04 Å². The predicted molar refractivity (Wildman–Crippen MR) is 141 cm³/mol. The van der Waals surface area contributed by atoms with Crippen molar-refractivity contribution in [2.75, 3.05) is 12.4 Å². The molecule has 0 heterocycles. The van der Waals surface area contributed by atoms with E-state index in [1.165, 1.54) is 19.3 Å². The first-order valence-electron chi connectivity index (χ1n) is 10.9. The van der Waals surface area contributed by atoms with Crippen LogP contribution in [0.2, 0.25) is 10.0 Å². The predicted octanol–water partition coefficient (Wildman–Crippen LogP) is 4.86. The number of halogens is 2. The number of hydrogen-bond acceptors (Lipinski definition) is 5. The average molecular weight is 541 g/mol. The molecule has 0 aliphatic carbocycles. The quantitative estimate of drug-likeness (QED) is 0.263. The van der Waals surface area contributed by atoms with Gasteiger partial charge < -0.3 is 20.5 Å². The number of carboxylic acids is 1. The third-order valence-electron chi connectivity index (χ3n) is 5.21. The number of rotatable bonds is 9. The monoisotopic (exact) mass is 540 g/mol. The Morgan fingerprint density at radius 2 is 1.57 bits per heavy atom. The third-order valence-corrected chi connectivity index (χ3v) is 5.84.